The number of para-hydroxylation sites is 1. The summed E-state index contributed by atoms with van der Waals surface area (Å²) in [5.41, 5.74) is 2.38. The average Bonchev–Trinajstić information content (AvgIpc) is 2.69. The van der Waals surface area contributed by atoms with Crippen molar-refractivity contribution >= 4 is 11.0 Å². The normalized spacial score (nSPS) is 21.6. The minimum Gasteiger partial charge on any atom is -0.461 e. The minimum absolute atomic E-state index is 0.568. The molecule has 1 aromatic carbocycles. The van der Waals surface area contributed by atoms with E-state index in [1.165, 1.54) is 10.9 Å². The second-order valence-corrected chi connectivity index (χ2v) is 5.18. The first-order valence-corrected chi connectivity index (χ1v) is 6.63. The van der Waals surface area contributed by atoms with Gasteiger partial charge in [-0.15, -0.1) is 0 Å². The summed E-state index contributed by atoms with van der Waals surface area (Å²) < 4.78 is 5.84. The number of benzene rings is 1. The molecule has 1 aliphatic heterocycles. The van der Waals surface area contributed by atoms with Gasteiger partial charge >= 0.3 is 0 Å². The first-order valence-electron chi connectivity index (χ1n) is 6.63. The van der Waals surface area contributed by atoms with E-state index in [2.05, 4.69) is 42.4 Å². The van der Waals surface area contributed by atoms with Crippen molar-refractivity contribution in [3.63, 3.8) is 0 Å². The van der Waals surface area contributed by atoms with Gasteiger partial charge in [-0.1, -0.05) is 18.2 Å². The number of hydrogen-bond donors (Lipinski definition) is 1. The quantitative estimate of drug-likeness (QED) is 0.877. The summed E-state index contributed by atoms with van der Waals surface area (Å²) in [7, 11) is 2.21. The van der Waals surface area contributed by atoms with Crippen molar-refractivity contribution in [2.45, 2.75) is 19.4 Å². The van der Waals surface area contributed by atoms with E-state index in [0.717, 1.165) is 37.4 Å². The molecule has 0 bridgehead atoms. The smallest absolute Gasteiger partial charge is 0.134 e. The highest BCUT2D eigenvalue weighted by Gasteiger charge is 2.21. The molecule has 2 heterocycles. The van der Waals surface area contributed by atoms with Crippen LogP contribution in [0.1, 0.15) is 11.3 Å². The molecule has 0 saturated carbocycles. The van der Waals surface area contributed by atoms with E-state index in [-0.39, 0.29) is 0 Å². The highest BCUT2D eigenvalue weighted by atomic mass is 16.3. The standard InChI is InChI=1S/C15H20N2O/c1-11-14(9-12-10-16-7-8-17(12)2)13-5-3-4-6-15(13)18-11/h3-6,12,16H,7-10H2,1-2H3. The number of piperazine rings is 1. The lowest BCUT2D eigenvalue weighted by Gasteiger charge is -2.33. The monoisotopic (exact) mass is 244 g/mol. The molecule has 3 nitrogen and oxygen atoms in total. The number of furan rings is 1. The molecule has 18 heavy (non-hydrogen) atoms. The lowest BCUT2D eigenvalue weighted by molar-refractivity contribution is 0.199. The van der Waals surface area contributed by atoms with E-state index < -0.39 is 0 Å². The van der Waals surface area contributed by atoms with Crippen molar-refractivity contribution in [2.24, 2.45) is 0 Å². The summed E-state index contributed by atoms with van der Waals surface area (Å²) in [6, 6.07) is 8.90. The molecule has 1 N–H and O–H groups in total. The molecule has 0 aliphatic carbocycles. The van der Waals surface area contributed by atoms with Gasteiger partial charge in [-0.2, -0.15) is 0 Å². The van der Waals surface area contributed by atoms with Gasteiger partial charge in [0.05, 0.1) is 0 Å². The van der Waals surface area contributed by atoms with Gasteiger partial charge in [-0.3, -0.25) is 0 Å². The zero-order valence-electron chi connectivity index (χ0n) is 11.1. The maximum Gasteiger partial charge on any atom is 0.134 e. The third-order valence-corrected chi connectivity index (χ3v) is 3.98. The molecule has 0 spiro atoms. The fourth-order valence-corrected chi connectivity index (χ4v) is 2.80. The van der Waals surface area contributed by atoms with E-state index in [4.69, 9.17) is 4.42 Å². The number of aryl methyl sites for hydroxylation is 1. The topological polar surface area (TPSA) is 28.4 Å². The van der Waals surface area contributed by atoms with Crippen LogP contribution in [0, 0.1) is 6.92 Å². The van der Waals surface area contributed by atoms with Crippen LogP contribution in [-0.4, -0.2) is 37.6 Å². The molecular weight excluding hydrogens is 224 g/mol. The molecule has 1 aliphatic rings. The predicted molar refractivity (Wildman–Crippen MR) is 73.9 cm³/mol. The molecule has 2 aromatic rings. The number of nitrogens with zero attached hydrogens (tertiary/aromatic N) is 1. The Hall–Kier alpha value is -1.32. The summed E-state index contributed by atoms with van der Waals surface area (Å²) in [6.07, 6.45) is 1.06. The molecule has 0 amide bonds. The Morgan fingerprint density at radius 3 is 3.06 bits per heavy atom. The second-order valence-electron chi connectivity index (χ2n) is 5.18. The molecule has 0 radical (unpaired) electrons. The maximum absolute atomic E-state index is 5.84. The van der Waals surface area contributed by atoms with Crippen molar-refractivity contribution in [3.05, 3.63) is 35.6 Å². The van der Waals surface area contributed by atoms with E-state index in [0.29, 0.717) is 6.04 Å². The van der Waals surface area contributed by atoms with Gasteiger partial charge in [-0.05, 0) is 26.5 Å². The summed E-state index contributed by atoms with van der Waals surface area (Å²) in [6.45, 7) is 5.36. The third kappa shape index (κ3) is 2.04. The minimum atomic E-state index is 0.568. The van der Waals surface area contributed by atoms with Gasteiger partial charge in [0, 0.05) is 36.6 Å². The highest BCUT2D eigenvalue weighted by Crippen LogP contribution is 2.27. The van der Waals surface area contributed by atoms with Crippen molar-refractivity contribution < 1.29 is 4.42 Å². The van der Waals surface area contributed by atoms with Crippen LogP contribution >= 0.6 is 0 Å². The third-order valence-electron chi connectivity index (χ3n) is 3.98. The van der Waals surface area contributed by atoms with Crippen LogP contribution in [0.5, 0.6) is 0 Å². The Bertz CT molecular complexity index is 546. The fourth-order valence-electron chi connectivity index (χ4n) is 2.80. The lowest BCUT2D eigenvalue weighted by atomic mass is 10.0. The SMILES string of the molecule is Cc1oc2ccccc2c1CC1CNCCN1C. The van der Waals surface area contributed by atoms with Crippen molar-refractivity contribution in [2.75, 3.05) is 26.7 Å². The van der Waals surface area contributed by atoms with Gasteiger partial charge in [0.25, 0.3) is 0 Å². The van der Waals surface area contributed by atoms with Crippen molar-refractivity contribution in [3.8, 4) is 0 Å². The van der Waals surface area contributed by atoms with Gasteiger partial charge in [0.2, 0.25) is 0 Å². The number of fused-ring (bicyclic) bond motifs is 1. The number of hydrogen-bond acceptors (Lipinski definition) is 3. The molecule has 1 unspecified atom stereocenters. The summed E-state index contributed by atoms with van der Waals surface area (Å²) in [5, 5.41) is 4.75. The molecule has 1 aromatic heterocycles. The fraction of sp³-hybridized carbons (Fsp3) is 0.467. The highest BCUT2D eigenvalue weighted by molar-refractivity contribution is 5.82. The Morgan fingerprint density at radius 1 is 1.39 bits per heavy atom. The molecule has 3 heteroatoms. The largest absolute Gasteiger partial charge is 0.461 e. The molecule has 1 saturated heterocycles. The Kier molecular flexibility index (Phi) is 3.10. The molecular formula is C15H20N2O. The van der Waals surface area contributed by atoms with Gasteiger partial charge in [-0.25, -0.2) is 0 Å². The van der Waals surface area contributed by atoms with E-state index in [1.54, 1.807) is 0 Å². The van der Waals surface area contributed by atoms with Crippen molar-refractivity contribution in [1.82, 2.24) is 10.2 Å². The lowest BCUT2D eigenvalue weighted by Crippen LogP contribution is -2.50. The average molecular weight is 244 g/mol. The maximum atomic E-state index is 5.84. The van der Waals surface area contributed by atoms with Crippen LogP contribution in [-0.2, 0) is 6.42 Å². The van der Waals surface area contributed by atoms with Crippen LogP contribution < -0.4 is 5.32 Å². The molecule has 1 atom stereocenters. The van der Waals surface area contributed by atoms with Crippen LogP contribution in [0.2, 0.25) is 0 Å². The van der Waals surface area contributed by atoms with E-state index >= 15 is 0 Å². The van der Waals surface area contributed by atoms with Crippen LogP contribution in [0.15, 0.2) is 28.7 Å². The molecule has 3 rings (SSSR count). The Morgan fingerprint density at radius 2 is 2.22 bits per heavy atom. The van der Waals surface area contributed by atoms with Gasteiger partial charge in [0.15, 0.2) is 0 Å². The number of rotatable bonds is 2. The molecule has 96 valence electrons. The first kappa shape index (κ1) is 11.8. The number of likely N-dealkylation sites (N-methyl/N-ethyl adjacent to an activating group) is 1. The van der Waals surface area contributed by atoms with Gasteiger partial charge < -0.3 is 14.6 Å². The summed E-state index contributed by atoms with van der Waals surface area (Å²) >= 11 is 0. The van der Waals surface area contributed by atoms with E-state index in [1.807, 2.05) is 6.07 Å². The Labute approximate surface area is 108 Å². The summed E-state index contributed by atoms with van der Waals surface area (Å²) in [4.78, 5) is 2.44. The van der Waals surface area contributed by atoms with E-state index in [9.17, 15) is 0 Å². The van der Waals surface area contributed by atoms with Gasteiger partial charge in [0.1, 0.15) is 11.3 Å². The van der Waals surface area contributed by atoms with Crippen LogP contribution in [0.4, 0.5) is 0 Å². The molecule has 1 fully saturated rings. The summed E-state index contributed by atoms with van der Waals surface area (Å²) in [5.74, 6) is 1.06. The van der Waals surface area contributed by atoms with Crippen LogP contribution in [0.3, 0.4) is 0 Å². The van der Waals surface area contributed by atoms with Crippen molar-refractivity contribution in [1.29, 1.82) is 0 Å². The predicted octanol–water partition coefficient (Wildman–Crippen LogP) is 2.19. The zero-order chi connectivity index (χ0) is 12.5. The second kappa shape index (κ2) is 4.75. The zero-order valence-corrected chi connectivity index (χ0v) is 11.1. The number of nitrogens with one attached hydrogen (secondary N) is 1. The first-order chi connectivity index (χ1) is 8.75. The van der Waals surface area contributed by atoms with Crippen LogP contribution in [0.25, 0.3) is 11.0 Å². The Balaban J connectivity index is 1.92.